The molecule has 4 nitrogen and oxygen atoms in total. The number of carbonyl (C=O) groups is 1. The summed E-state index contributed by atoms with van der Waals surface area (Å²) in [5.74, 6) is -3.18. The first kappa shape index (κ1) is 18.1. The summed E-state index contributed by atoms with van der Waals surface area (Å²) < 4.78 is 31.2. The van der Waals surface area contributed by atoms with Gasteiger partial charge in [0, 0.05) is 5.39 Å². The van der Waals surface area contributed by atoms with E-state index >= 15 is 0 Å². The number of hydrogen-bond donors (Lipinski definition) is 2. The minimum atomic E-state index is -3.10. The zero-order chi connectivity index (χ0) is 15.3. The quantitative estimate of drug-likeness (QED) is 0.854. The number of halogens is 3. The predicted octanol–water partition coefficient (Wildman–Crippen LogP) is 2.35. The summed E-state index contributed by atoms with van der Waals surface area (Å²) in [6.45, 7) is -1.92. The van der Waals surface area contributed by atoms with E-state index in [4.69, 9.17) is 10.5 Å². The van der Waals surface area contributed by atoms with Crippen molar-refractivity contribution >= 4 is 29.1 Å². The minimum Gasteiger partial charge on any atom is -0.483 e. The fraction of sp³-hybridized carbons (Fsp3) is 0.267. The van der Waals surface area contributed by atoms with Gasteiger partial charge in [-0.05, 0) is 11.5 Å². The van der Waals surface area contributed by atoms with Gasteiger partial charge in [0.05, 0.1) is 13.1 Å². The Morgan fingerprint density at radius 1 is 1.18 bits per heavy atom. The molecular formula is C15H17ClF2N2O2. The maximum Gasteiger partial charge on any atom is 0.277 e. The largest absolute Gasteiger partial charge is 0.483 e. The van der Waals surface area contributed by atoms with Crippen molar-refractivity contribution in [2.45, 2.75) is 5.92 Å². The van der Waals surface area contributed by atoms with Crippen LogP contribution in [0, 0.1) is 0 Å². The Balaban J connectivity index is 0.00000242. The molecule has 0 aromatic heterocycles. The van der Waals surface area contributed by atoms with Crippen LogP contribution >= 0.6 is 12.4 Å². The van der Waals surface area contributed by atoms with Gasteiger partial charge in [-0.2, -0.15) is 0 Å². The Bertz CT molecular complexity index is 632. The highest BCUT2D eigenvalue weighted by Crippen LogP contribution is 2.24. The smallest absolute Gasteiger partial charge is 0.277 e. The van der Waals surface area contributed by atoms with Crippen LogP contribution in [-0.4, -0.2) is 31.5 Å². The third-order valence-electron chi connectivity index (χ3n) is 2.95. The molecule has 0 aliphatic rings. The molecule has 0 atom stereocenters. The molecule has 1 amide bonds. The molecule has 0 fully saturated rings. The number of fused-ring (bicyclic) bond motifs is 1. The first-order chi connectivity index (χ1) is 10.0. The summed E-state index contributed by atoms with van der Waals surface area (Å²) in [6.07, 6.45) is 0. The van der Waals surface area contributed by atoms with Crippen molar-refractivity contribution in [3.63, 3.8) is 0 Å². The first-order valence-corrected chi connectivity index (χ1v) is 6.47. The van der Waals surface area contributed by atoms with Crippen LogP contribution in [0.5, 0.6) is 5.75 Å². The molecule has 0 unspecified atom stereocenters. The second-order valence-electron chi connectivity index (χ2n) is 4.60. The van der Waals surface area contributed by atoms with E-state index in [0.717, 1.165) is 10.8 Å². The average molecular weight is 331 g/mol. The predicted molar refractivity (Wildman–Crippen MR) is 83.7 cm³/mol. The van der Waals surface area contributed by atoms with Gasteiger partial charge in [0.25, 0.3) is 11.8 Å². The van der Waals surface area contributed by atoms with Crippen LogP contribution in [0.3, 0.4) is 0 Å². The normalized spacial score (nSPS) is 10.9. The number of nitrogens with two attached hydrogens (primary N) is 1. The summed E-state index contributed by atoms with van der Waals surface area (Å²) in [7, 11) is 0. The molecule has 3 N–H and O–H groups in total. The van der Waals surface area contributed by atoms with Gasteiger partial charge >= 0.3 is 0 Å². The molecule has 2 aromatic rings. The van der Waals surface area contributed by atoms with Crippen molar-refractivity contribution in [1.82, 2.24) is 5.32 Å². The van der Waals surface area contributed by atoms with Gasteiger partial charge in [-0.15, -0.1) is 12.4 Å². The fourth-order valence-electron chi connectivity index (χ4n) is 1.82. The maximum absolute atomic E-state index is 12.9. The molecule has 0 saturated heterocycles. The highest BCUT2D eigenvalue weighted by molar-refractivity contribution is 5.88. The third-order valence-corrected chi connectivity index (χ3v) is 2.95. The Morgan fingerprint density at radius 2 is 1.86 bits per heavy atom. The molecule has 0 heterocycles. The van der Waals surface area contributed by atoms with Crippen molar-refractivity contribution in [2.24, 2.45) is 5.73 Å². The Morgan fingerprint density at radius 3 is 2.59 bits per heavy atom. The SMILES string of the molecule is Cl.NCC(F)(F)CNC(=O)COc1cccc2ccccc12. The van der Waals surface area contributed by atoms with Crippen LogP contribution in [0.2, 0.25) is 0 Å². The summed E-state index contributed by atoms with van der Waals surface area (Å²) in [4.78, 5) is 11.5. The van der Waals surface area contributed by atoms with Crippen molar-refractivity contribution in [3.8, 4) is 5.75 Å². The van der Waals surface area contributed by atoms with Crippen molar-refractivity contribution < 1.29 is 18.3 Å². The lowest BCUT2D eigenvalue weighted by Crippen LogP contribution is -2.43. The van der Waals surface area contributed by atoms with Gasteiger partial charge in [-0.3, -0.25) is 4.79 Å². The number of nitrogens with one attached hydrogen (secondary N) is 1. The number of rotatable bonds is 6. The number of benzene rings is 2. The Labute approximate surface area is 133 Å². The van der Waals surface area contributed by atoms with Crippen molar-refractivity contribution in [1.29, 1.82) is 0 Å². The molecule has 2 aromatic carbocycles. The van der Waals surface area contributed by atoms with Crippen LogP contribution in [0.1, 0.15) is 0 Å². The Kier molecular flexibility index (Phi) is 6.52. The lowest BCUT2D eigenvalue weighted by molar-refractivity contribution is -0.124. The van der Waals surface area contributed by atoms with E-state index in [1.165, 1.54) is 0 Å². The fourth-order valence-corrected chi connectivity index (χ4v) is 1.82. The van der Waals surface area contributed by atoms with Gasteiger partial charge in [0.2, 0.25) is 0 Å². The second-order valence-corrected chi connectivity index (χ2v) is 4.60. The van der Waals surface area contributed by atoms with E-state index in [1.54, 1.807) is 12.1 Å². The standard InChI is InChI=1S/C15H16F2N2O2.ClH/c16-15(17,9-18)10-19-14(20)8-21-13-7-3-5-11-4-1-2-6-12(11)13;/h1-7H,8-10,18H2,(H,19,20);1H. The first-order valence-electron chi connectivity index (χ1n) is 6.47. The van der Waals surface area contributed by atoms with Crippen molar-refractivity contribution in [2.75, 3.05) is 19.7 Å². The molecule has 0 aliphatic heterocycles. The number of ether oxygens (including phenoxy) is 1. The third kappa shape index (κ3) is 4.82. The van der Waals surface area contributed by atoms with Crippen LogP contribution in [-0.2, 0) is 4.79 Å². The van der Waals surface area contributed by atoms with Crippen molar-refractivity contribution in [3.05, 3.63) is 42.5 Å². The van der Waals surface area contributed by atoms with E-state index in [2.05, 4.69) is 5.32 Å². The highest BCUT2D eigenvalue weighted by Gasteiger charge is 2.27. The van der Waals surface area contributed by atoms with Crippen LogP contribution in [0.15, 0.2) is 42.5 Å². The van der Waals surface area contributed by atoms with Crippen LogP contribution in [0.25, 0.3) is 10.8 Å². The van der Waals surface area contributed by atoms with E-state index < -0.39 is 24.9 Å². The molecule has 0 radical (unpaired) electrons. The molecular weight excluding hydrogens is 314 g/mol. The summed E-state index contributed by atoms with van der Waals surface area (Å²) in [5, 5.41) is 3.94. The van der Waals surface area contributed by atoms with Gasteiger partial charge in [-0.1, -0.05) is 36.4 Å². The molecule has 7 heteroatoms. The number of amides is 1. The van der Waals surface area contributed by atoms with Gasteiger partial charge in [0.1, 0.15) is 5.75 Å². The molecule has 2 rings (SSSR count). The van der Waals surface area contributed by atoms with Gasteiger partial charge in [-0.25, -0.2) is 8.78 Å². The molecule has 0 spiro atoms. The zero-order valence-corrected chi connectivity index (χ0v) is 12.5. The van der Waals surface area contributed by atoms with Crippen LogP contribution in [0.4, 0.5) is 8.78 Å². The lowest BCUT2D eigenvalue weighted by Gasteiger charge is -2.15. The number of carbonyl (C=O) groups excluding carboxylic acids is 1. The summed E-state index contributed by atoms with van der Waals surface area (Å²) in [6, 6.07) is 13.0. The van der Waals surface area contributed by atoms with Crippen LogP contribution < -0.4 is 15.8 Å². The lowest BCUT2D eigenvalue weighted by atomic mass is 10.1. The second kappa shape index (κ2) is 7.91. The van der Waals surface area contributed by atoms with Gasteiger partial charge < -0.3 is 15.8 Å². The van der Waals surface area contributed by atoms with Gasteiger partial charge in [0.15, 0.2) is 6.61 Å². The number of alkyl halides is 2. The van der Waals surface area contributed by atoms with E-state index in [-0.39, 0.29) is 19.0 Å². The molecule has 120 valence electrons. The zero-order valence-electron chi connectivity index (χ0n) is 11.7. The topological polar surface area (TPSA) is 64.3 Å². The van der Waals surface area contributed by atoms with E-state index in [1.807, 2.05) is 30.3 Å². The van der Waals surface area contributed by atoms with E-state index in [9.17, 15) is 13.6 Å². The maximum atomic E-state index is 12.9. The Hall–Kier alpha value is -1.92. The molecule has 0 bridgehead atoms. The average Bonchev–Trinajstić information content (AvgIpc) is 2.51. The summed E-state index contributed by atoms with van der Waals surface area (Å²) in [5.41, 5.74) is 4.89. The molecule has 0 aliphatic carbocycles. The monoisotopic (exact) mass is 330 g/mol. The van der Waals surface area contributed by atoms with E-state index in [0.29, 0.717) is 5.75 Å². The minimum absolute atomic E-state index is 0. The number of hydrogen-bond acceptors (Lipinski definition) is 3. The molecule has 0 saturated carbocycles. The summed E-state index contributed by atoms with van der Waals surface area (Å²) >= 11 is 0. The molecule has 22 heavy (non-hydrogen) atoms. The highest BCUT2D eigenvalue weighted by atomic mass is 35.5.